The van der Waals surface area contributed by atoms with E-state index < -0.39 is 11.9 Å². The number of benzene rings is 2. The van der Waals surface area contributed by atoms with E-state index in [-0.39, 0.29) is 11.6 Å². The Kier molecular flexibility index (Phi) is 4.38. The lowest BCUT2D eigenvalue weighted by Gasteiger charge is -2.08. The summed E-state index contributed by atoms with van der Waals surface area (Å²) < 4.78 is 23.1. The fourth-order valence-corrected chi connectivity index (χ4v) is 2.05. The van der Waals surface area contributed by atoms with Crippen LogP contribution in [0.3, 0.4) is 0 Å². The molecule has 0 saturated heterocycles. The Bertz CT molecular complexity index is 841. The van der Waals surface area contributed by atoms with Crippen LogP contribution < -0.4 is 10.1 Å². The van der Waals surface area contributed by atoms with Crippen LogP contribution in [0.15, 0.2) is 71.3 Å². The van der Waals surface area contributed by atoms with Crippen LogP contribution in [0, 0.1) is 11.2 Å². The van der Waals surface area contributed by atoms with Crippen molar-refractivity contribution in [1.29, 1.82) is 5.41 Å². The average molecular weight is 324 g/mol. The summed E-state index contributed by atoms with van der Waals surface area (Å²) in [6.45, 7) is 0. The molecule has 3 aromatic rings. The Morgan fingerprint density at radius 1 is 1.04 bits per heavy atom. The molecule has 1 heterocycles. The van der Waals surface area contributed by atoms with Crippen molar-refractivity contribution in [3.8, 4) is 17.1 Å². The van der Waals surface area contributed by atoms with Gasteiger partial charge in [0.25, 0.3) is 0 Å². The van der Waals surface area contributed by atoms with E-state index in [4.69, 9.17) is 14.6 Å². The second-order valence-electron chi connectivity index (χ2n) is 4.90. The zero-order valence-electron chi connectivity index (χ0n) is 12.5. The zero-order valence-corrected chi connectivity index (χ0v) is 12.5. The molecule has 120 valence electrons. The molecule has 0 bridgehead atoms. The molecule has 0 saturated carbocycles. The minimum Gasteiger partial charge on any atom is -0.464 e. The van der Waals surface area contributed by atoms with E-state index >= 15 is 0 Å². The summed E-state index contributed by atoms with van der Waals surface area (Å²) in [7, 11) is 0. The number of amides is 1. The van der Waals surface area contributed by atoms with Crippen LogP contribution in [0.5, 0.6) is 5.75 Å². The van der Waals surface area contributed by atoms with Gasteiger partial charge in [-0.1, -0.05) is 24.3 Å². The number of hydrogen-bond acceptors (Lipinski definition) is 4. The molecular formula is C18H13FN2O3. The molecule has 0 aliphatic heterocycles. The SMILES string of the molecule is N=C(NC(=O)Oc1ccc(F)cc1)c1ccc(-c2ccco2)cc1. The number of rotatable bonds is 3. The van der Waals surface area contributed by atoms with E-state index in [1.54, 1.807) is 36.6 Å². The number of furan rings is 1. The van der Waals surface area contributed by atoms with Crippen molar-refractivity contribution in [3.05, 3.63) is 78.3 Å². The predicted molar refractivity (Wildman–Crippen MR) is 86.5 cm³/mol. The number of ether oxygens (including phenoxy) is 1. The lowest BCUT2D eigenvalue weighted by atomic mass is 10.1. The monoisotopic (exact) mass is 324 g/mol. The Morgan fingerprint density at radius 3 is 2.38 bits per heavy atom. The van der Waals surface area contributed by atoms with Crippen LogP contribution in [0.4, 0.5) is 9.18 Å². The van der Waals surface area contributed by atoms with Gasteiger partial charge in [0, 0.05) is 11.1 Å². The smallest absolute Gasteiger partial charge is 0.418 e. The molecule has 24 heavy (non-hydrogen) atoms. The standard InChI is InChI=1S/C18H13FN2O3/c19-14-7-9-15(10-8-14)24-18(22)21-17(20)13-5-3-12(4-6-13)16-2-1-11-23-16/h1-11H,(H2,20,21,22). The largest absolute Gasteiger partial charge is 0.464 e. The Balaban J connectivity index is 1.62. The first-order chi connectivity index (χ1) is 11.6. The molecule has 0 radical (unpaired) electrons. The first-order valence-corrected chi connectivity index (χ1v) is 7.09. The summed E-state index contributed by atoms with van der Waals surface area (Å²) >= 11 is 0. The van der Waals surface area contributed by atoms with Crippen molar-refractivity contribution >= 4 is 11.9 Å². The average Bonchev–Trinajstić information content (AvgIpc) is 3.11. The maximum atomic E-state index is 12.8. The number of carbonyl (C=O) groups excluding carboxylic acids is 1. The van der Waals surface area contributed by atoms with Gasteiger partial charge in [0.2, 0.25) is 0 Å². The van der Waals surface area contributed by atoms with Crippen LogP contribution in [0.2, 0.25) is 0 Å². The fraction of sp³-hybridized carbons (Fsp3) is 0. The molecule has 0 unspecified atom stereocenters. The van der Waals surface area contributed by atoms with Crippen molar-refractivity contribution in [1.82, 2.24) is 5.32 Å². The predicted octanol–water partition coefficient (Wildman–Crippen LogP) is 4.20. The molecule has 0 spiro atoms. The fourth-order valence-electron chi connectivity index (χ4n) is 2.05. The second kappa shape index (κ2) is 6.78. The lowest BCUT2D eigenvalue weighted by Crippen LogP contribution is -2.32. The third-order valence-corrected chi connectivity index (χ3v) is 3.23. The van der Waals surface area contributed by atoms with Gasteiger partial charge in [-0.25, -0.2) is 9.18 Å². The van der Waals surface area contributed by atoms with E-state index in [2.05, 4.69) is 5.32 Å². The summed E-state index contributed by atoms with van der Waals surface area (Å²) in [6.07, 6.45) is 0.764. The molecule has 6 heteroatoms. The minimum atomic E-state index is -0.818. The van der Waals surface area contributed by atoms with Gasteiger partial charge in [-0.2, -0.15) is 0 Å². The van der Waals surface area contributed by atoms with Gasteiger partial charge in [-0.05, 0) is 36.4 Å². The van der Waals surface area contributed by atoms with Crippen molar-refractivity contribution in [3.63, 3.8) is 0 Å². The number of hydrogen-bond donors (Lipinski definition) is 2. The third kappa shape index (κ3) is 3.67. The maximum absolute atomic E-state index is 12.8. The van der Waals surface area contributed by atoms with Crippen molar-refractivity contribution in [2.24, 2.45) is 0 Å². The summed E-state index contributed by atoms with van der Waals surface area (Å²) in [4.78, 5) is 11.8. The molecule has 2 aromatic carbocycles. The Morgan fingerprint density at radius 2 is 1.75 bits per heavy atom. The van der Waals surface area contributed by atoms with Crippen molar-refractivity contribution < 1.29 is 18.3 Å². The van der Waals surface area contributed by atoms with E-state index in [0.29, 0.717) is 5.56 Å². The van der Waals surface area contributed by atoms with Crippen LogP contribution >= 0.6 is 0 Å². The summed E-state index contributed by atoms with van der Waals surface area (Å²) in [5.74, 6) is 0.381. The number of carbonyl (C=O) groups is 1. The number of amidine groups is 1. The van der Waals surface area contributed by atoms with Crippen molar-refractivity contribution in [2.75, 3.05) is 0 Å². The van der Waals surface area contributed by atoms with Crippen molar-refractivity contribution in [2.45, 2.75) is 0 Å². The third-order valence-electron chi connectivity index (χ3n) is 3.23. The van der Waals surface area contributed by atoms with Gasteiger partial charge in [0.1, 0.15) is 23.2 Å². The Labute approximate surface area is 137 Å². The molecule has 0 atom stereocenters. The van der Waals surface area contributed by atoms with E-state index in [0.717, 1.165) is 11.3 Å². The van der Waals surface area contributed by atoms with Gasteiger partial charge in [-0.3, -0.25) is 10.7 Å². The first kappa shape index (κ1) is 15.5. The minimum absolute atomic E-state index is 0.104. The number of halogens is 1. The lowest BCUT2D eigenvalue weighted by molar-refractivity contribution is 0.206. The highest BCUT2D eigenvalue weighted by atomic mass is 19.1. The molecule has 0 aliphatic carbocycles. The number of nitrogens with one attached hydrogen (secondary N) is 2. The second-order valence-corrected chi connectivity index (χ2v) is 4.90. The first-order valence-electron chi connectivity index (χ1n) is 7.09. The summed E-state index contributed by atoms with van der Waals surface area (Å²) in [6, 6.07) is 15.6. The van der Waals surface area contributed by atoms with Crippen LogP contribution in [-0.4, -0.2) is 11.9 Å². The highest BCUT2D eigenvalue weighted by molar-refractivity contribution is 6.05. The molecule has 1 aromatic heterocycles. The van der Waals surface area contributed by atoms with E-state index in [9.17, 15) is 9.18 Å². The highest BCUT2D eigenvalue weighted by Crippen LogP contribution is 2.20. The maximum Gasteiger partial charge on any atom is 0.418 e. The van der Waals surface area contributed by atoms with Crippen LogP contribution in [-0.2, 0) is 0 Å². The van der Waals surface area contributed by atoms with E-state index in [1.165, 1.54) is 24.3 Å². The van der Waals surface area contributed by atoms with Crippen LogP contribution in [0.25, 0.3) is 11.3 Å². The Hall–Kier alpha value is -3.41. The highest BCUT2D eigenvalue weighted by Gasteiger charge is 2.10. The molecule has 0 aliphatic rings. The molecule has 0 fully saturated rings. The van der Waals surface area contributed by atoms with Gasteiger partial charge in [0.05, 0.1) is 6.26 Å². The van der Waals surface area contributed by atoms with Gasteiger partial charge in [0.15, 0.2) is 0 Å². The molecule has 1 amide bonds. The van der Waals surface area contributed by atoms with Gasteiger partial charge in [-0.15, -0.1) is 0 Å². The molecular weight excluding hydrogens is 311 g/mol. The topological polar surface area (TPSA) is 75.3 Å². The molecule has 5 nitrogen and oxygen atoms in total. The summed E-state index contributed by atoms with van der Waals surface area (Å²) in [5, 5.41) is 10.2. The summed E-state index contributed by atoms with van der Waals surface area (Å²) in [5.41, 5.74) is 1.38. The van der Waals surface area contributed by atoms with E-state index in [1.807, 2.05) is 6.07 Å². The zero-order chi connectivity index (χ0) is 16.9. The normalized spacial score (nSPS) is 10.2. The van der Waals surface area contributed by atoms with Gasteiger partial charge >= 0.3 is 6.09 Å². The quantitative estimate of drug-likeness (QED) is 0.560. The van der Waals surface area contributed by atoms with Crippen LogP contribution in [0.1, 0.15) is 5.56 Å². The van der Waals surface area contributed by atoms with Gasteiger partial charge < -0.3 is 9.15 Å². The molecule has 3 rings (SSSR count). The molecule has 2 N–H and O–H groups in total.